The number of fused-ring (bicyclic) bond motifs is 1. The Kier molecular flexibility index (Phi) is 6.90. The molecule has 0 aliphatic heterocycles. The first kappa shape index (κ1) is 19.8. The van der Waals surface area contributed by atoms with Gasteiger partial charge in [-0.15, -0.1) is 0 Å². The van der Waals surface area contributed by atoms with Crippen LogP contribution in [0.2, 0.25) is 5.02 Å². The Morgan fingerprint density at radius 1 is 1.36 bits per heavy atom. The number of nitrogens with zero attached hydrogens (tertiary/aromatic N) is 2. The van der Waals surface area contributed by atoms with Crippen LogP contribution in [0.3, 0.4) is 0 Å². The molecule has 1 unspecified atom stereocenters. The lowest BCUT2D eigenvalue weighted by Crippen LogP contribution is -2.32. The lowest BCUT2D eigenvalue weighted by molar-refractivity contribution is -0.120. The van der Waals surface area contributed by atoms with Crippen LogP contribution >= 0.6 is 23.4 Å². The zero-order valence-electron chi connectivity index (χ0n) is 15.0. The number of nitrogens with one attached hydrogen (secondary N) is 1. The maximum absolute atomic E-state index is 12.9. The van der Waals surface area contributed by atoms with Crippen molar-refractivity contribution >= 4 is 40.2 Å². The van der Waals surface area contributed by atoms with Crippen molar-refractivity contribution in [3.63, 3.8) is 0 Å². The van der Waals surface area contributed by atoms with Gasteiger partial charge in [-0.1, -0.05) is 44.1 Å². The van der Waals surface area contributed by atoms with Crippen molar-refractivity contribution in [1.29, 1.82) is 0 Å². The number of hydrogen-bond donors (Lipinski definition) is 1. The molecular weight excluding hydrogens is 358 g/mol. The Balaban J connectivity index is 2.44. The second-order valence-corrected chi connectivity index (χ2v) is 8.16. The molecule has 2 rings (SSSR count). The SMILES string of the molecule is CCCNC(=O)C(C)Sc1nc2ccc(Cl)cc2c(=O)n1CC(C)C. The predicted octanol–water partition coefficient (Wildman–Crippen LogP) is 3.71. The monoisotopic (exact) mass is 381 g/mol. The van der Waals surface area contributed by atoms with Crippen molar-refractivity contribution in [3.05, 3.63) is 33.6 Å². The van der Waals surface area contributed by atoms with E-state index in [9.17, 15) is 9.59 Å². The smallest absolute Gasteiger partial charge is 0.262 e. The minimum absolute atomic E-state index is 0.0478. The van der Waals surface area contributed by atoms with Gasteiger partial charge in [-0.2, -0.15) is 0 Å². The highest BCUT2D eigenvalue weighted by molar-refractivity contribution is 8.00. The van der Waals surface area contributed by atoms with Gasteiger partial charge in [0.2, 0.25) is 5.91 Å². The maximum Gasteiger partial charge on any atom is 0.262 e. The van der Waals surface area contributed by atoms with Crippen LogP contribution < -0.4 is 10.9 Å². The molecule has 25 heavy (non-hydrogen) atoms. The van der Waals surface area contributed by atoms with Gasteiger partial charge in [0.25, 0.3) is 5.56 Å². The highest BCUT2D eigenvalue weighted by atomic mass is 35.5. The summed E-state index contributed by atoms with van der Waals surface area (Å²) in [5.74, 6) is 0.230. The quantitative estimate of drug-likeness (QED) is 0.586. The van der Waals surface area contributed by atoms with E-state index in [2.05, 4.69) is 10.3 Å². The fourth-order valence-corrected chi connectivity index (χ4v) is 3.51. The van der Waals surface area contributed by atoms with Gasteiger partial charge in [-0.05, 0) is 37.5 Å². The van der Waals surface area contributed by atoms with Gasteiger partial charge in [0.1, 0.15) is 0 Å². The van der Waals surface area contributed by atoms with Crippen molar-refractivity contribution < 1.29 is 4.79 Å². The summed E-state index contributed by atoms with van der Waals surface area (Å²) in [4.78, 5) is 29.7. The van der Waals surface area contributed by atoms with Crippen LogP contribution in [0.1, 0.15) is 34.1 Å². The minimum Gasteiger partial charge on any atom is -0.355 e. The molecular formula is C18H24ClN3O2S. The Hall–Kier alpha value is -1.53. The Morgan fingerprint density at radius 2 is 2.08 bits per heavy atom. The molecule has 1 heterocycles. The summed E-state index contributed by atoms with van der Waals surface area (Å²) in [5, 5.41) is 4.12. The van der Waals surface area contributed by atoms with Crippen LogP contribution in [0.25, 0.3) is 10.9 Å². The number of carbonyl (C=O) groups is 1. The van der Waals surface area contributed by atoms with Crippen LogP contribution in [0, 0.1) is 5.92 Å². The Labute approximate surface area is 157 Å². The lowest BCUT2D eigenvalue weighted by atomic mass is 10.2. The van der Waals surface area contributed by atoms with Crippen molar-refractivity contribution in [2.24, 2.45) is 5.92 Å². The molecule has 0 fully saturated rings. The van der Waals surface area contributed by atoms with Gasteiger partial charge in [-0.3, -0.25) is 14.2 Å². The molecule has 0 saturated heterocycles. The van der Waals surface area contributed by atoms with E-state index < -0.39 is 0 Å². The Morgan fingerprint density at radius 3 is 2.72 bits per heavy atom. The summed E-state index contributed by atoms with van der Waals surface area (Å²) in [6, 6.07) is 5.11. The van der Waals surface area contributed by atoms with Crippen LogP contribution in [0.4, 0.5) is 0 Å². The van der Waals surface area contributed by atoms with Gasteiger partial charge in [0.15, 0.2) is 5.16 Å². The van der Waals surface area contributed by atoms with Crippen molar-refractivity contribution in [2.75, 3.05) is 6.54 Å². The molecule has 0 aliphatic rings. The van der Waals surface area contributed by atoms with E-state index in [1.54, 1.807) is 22.8 Å². The zero-order chi connectivity index (χ0) is 18.6. The van der Waals surface area contributed by atoms with E-state index in [0.29, 0.717) is 34.2 Å². The summed E-state index contributed by atoms with van der Waals surface area (Å²) >= 11 is 7.34. The second-order valence-electron chi connectivity index (χ2n) is 6.42. The molecule has 1 atom stereocenters. The van der Waals surface area contributed by atoms with E-state index in [0.717, 1.165) is 6.42 Å². The molecule has 1 N–H and O–H groups in total. The zero-order valence-corrected chi connectivity index (χ0v) is 16.6. The fourth-order valence-electron chi connectivity index (χ4n) is 2.39. The molecule has 0 aliphatic carbocycles. The predicted molar refractivity (Wildman–Crippen MR) is 104 cm³/mol. The standard InChI is InChI=1S/C18H24ClN3O2S/c1-5-8-20-16(23)12(4)25-18-21-15-7-6-13(19)9-14(15)17(24)22(18)10-11(2)3/h6-7,9,11-12H,5,8,10H2,1-4H3,(H,20,23). The highest BCUT2D eigenvalue weighted by Gasteiger charge is 2.19. The first-order chi connectivity index (χ1) is 11.8. The summed E-state index contributed by atoms with van der Waals surface area (Å²) < 4.78 is 1.65. The molecule has 7 heteroatoms. The summed E-state index contributed by atoms with van der Waals surface area (Å²) in [7, 11) is 0. The van der Waals surface area contributed by atoms with E-state index in [4.69, 9.17) is 11.6 Å². The average Bonchev–Trinajstić information content (AvgIpc) is 2.56. The highest BCUT2D eigenvalue weighted by Crippen LogP contribution is 2.24. The van der Waals surface area contributed by atoms with Gasteiger partial charge < -0.3 is 5.32 Å². The number of benzene rings is 1. The number of thioether (sulfide) groups is 1. The summed E-state index contributed by atoms with van der Waals surface area (Å²) in [6.45, 7) is 9.11. The van der Waals surface area contributed by atoms with E-state index in [1.807, 2.05) is 27.7 Å². The van der Waals surface area contributed by atoms with E-state index in [-0.39, 0.29) is 22.6 Å². The molecule has 0 spiro atoms. The molecule has 0 bridgehead atoms. The van der Waals surface area contributed by atoms with Gasteiger partial charge in [0.05, 0.1) is 16.2 Å². The average molecular weight is 382 g/mol. The number of amides is 1. The Bertz CT molecular complexity index is 820. The van der Waals surface area contributed by atoms with E-state index >= 15 is 0 Å². The number of carbonyl (C=O) groups excluding carboxylic acids is 1. The second kappa shape index (κ2) is 8.72. The molecule has 2 aromatic rings. The fraction of sp³-hybridized carbons (Fsp3) is 0.500. The van der Waals surface area contributed by atoms with Crippen LogP contribution in [0.15, 0.2) is 28.2 Å². The first-order valence-electron chi connectivity index (χ1n) is 8.48. The van der Waals surface area contributed by atoms with Gasteiger partial charge in [0, 0.05) is 18.1 Å². The van der Waals surface area contributed by atoms with Crippen LogP contribution in [0.5, 0.6) is 0 Å². The molecule has 5 nitrogen and oxygen atoms in total. The van der Waals surface area contributed by atoms with Crippen LogP contribution in [-0.2, 0) is 11.3 Å². The number of aromatic nitrogens is 2. The van der Waals surface area contributed by atoms with Gasteiger partial charge in [-0.25, -0.2) is 4.98 Å². The number of hydrogen-bond acceptors (Lipinski definition) is 4. The molecule has 1 aromatic heterocycles. The molecule has 0 radical (unpaired) electrons. The molecule has 1 aromatic carbocycles. The number of rotatable bonds is 7. The minimum atomic E-state index is -0.332. The van der Waals surface area contributed by atoms with Crippen molar-refractivity contribution in [1.82, 2.24) is 14.9 Å². The topological polar surface area (TPSA) is 64.0 Å². The largest absolute Gasteiger partial charge is 0.355 e. The molecule has 0 saturated carbocycles. The molecule has 1 amide bonds. The van der Waals surface area contributed by atoms with Gasteiger partial charge >= 0.3 is 0 Å². The lowest BCUT2D eigenvalue weighted by Gasteiger charge is -2.17. The normalized spacial score (nSPS) is 12.6. The number of halogens is 1. The third-order valence-electron chi connectivity index (χ3n) is 3.63. The third-order valence-corrected chi connectivity index (χ3v) is 4.95. The maximum atomic E-state index is 12.9. The van der Waals surface area contributed by atoms with Crippen molar-refractivity contribution in [3.8, 4) is 0 Å². The molecule has 136 valence electrons. The first-order valence-corrected chi connectivity index (χ1v) is 9.73. The van der Waals surface area contributed by atoms with Crippen molar-refractivity contribution in [2.45, 2.75) is 51.1 Å². The summed E-state index contributed by atoms with van der Waals surface area (Å²) in [6.07, 6.45) is 0.885. The van der Waals surface area contributed by atoms with E-state index in [1.165, 1.54) is 11.8 Å². The summed E-state index contributed by atoms with van der Waals surface area (Å²) in [5.41, 5.74) is 0.475. The third kappa shape index (κ3) is 4.98. The van der Waals surface area contributed by atoms with Crippen LogP contribution in [-0.4, -0.2) is 27.3 Å².